The quantitative estimate of drug-likeness (QED) is 0.696. The highest BCUT2D eigenvalue weighted by molar-refractivity contribution is 6.01. The molecule has 3 rings (SSSR count). The van der Waals surface area contributed by atoms with Gasteiger partial charge in [0.1, 0.15) is 11.6 Å². The maximum absolute atomic E-state index is 9.63. The first-order chi connectivity index (χ1) is 13.5. The standard InChI is InChI=1S/C21H22N4O3/c1-25(2)15-8-6-7-14(9-15)24-18-13(11-22)12-23-19-16(18)10-17(26-3)20(27-4)21(19)28-5/h6-10,12H,1-5H3,(H,23,24). The molecule has 0 spiro atoms. The molecule has 3 aromatic rings. The Morgan fingerprint density at radius 3 is 2.39 bits per heavy atom. The number of nitrogens with one attached hydrogen (secondary N) is 1. The Balaban J connectivity index is 2.26. The maximum atomic E-state index is 9.63. The minimum Gasteiger partial charge on any atom is -0.493 e. The predicted molar refractivity (Wildman–Crippen MR) is 110 cm³/mol. The summed E-state index contributed by atoms with van der Waals surface area (Å²) in [7, 11) is 8.59. The Hall–Kier alpha value is -3.66. The van der Waals surface area contributed by atoms with Crippen LogP contribution in [0.1, 0.15) is 5.56 Å². The summed E-state index contributed by atoms with van der Waals surface area (Å²) in [4.78, 5) is 6.44. The predicted octanol–water partition coefficient (Wildman–Crippen LogP) is 3.94. The topological polar surface area (TPSA) is 79.6 Å². The van der Waals surface area contributed by atoms with Gasteiger partial charge in [0.05, 0.1) is 32.6 Å². The number of benzene rings is 2. The van der Waals surface area contributed by atoms with Gasteiger partial charge in [-0.15, -0.1) is 0 Å². The van der Waals surface area contributed by atoms with Crippen molar-refractivity contribution in [1.82, 2.24) is 4.98 Å². The highest BCUT2D eigenvalue weighted by Gasteiger charge is 2.21. The van der Waals surface area contributed by atoms with Gasteiger partial charge >= 0.3 is 0 Å². The molecule has 1 aromatic heterocycles. The average molecular weight is 378 g/mol. The third-order valence-electron chi connectivity index (χ3n) is 4.42. The summed E-state index contributed by atoms with van der Waals surface area (Å²) in [5.41, 5.74) is 3.51. The van der Waals surface area contributed by atoms with E-state index in [2.05, 4.69) is 16.4 Å². The Bertz CT molecular complexity index is 1060. The summed E-state index contributed by atoms with van der Waals surface area (Å²) in [6.45, 7) is 0. The Morgan fingerprint density at radius 2 is 1.79 bits per heavy atom. The third-order valence-corrected chi connectivity index (χ3v) is 4.42. The fraction of sp³-hybridized carbons (Fsp3) is 0.238. The highest BCUT2D eigenvalue weighted by Crippen LogP contribution is 2.45. The fourth-order valence-electron chi connectivity index (χ4n) is 3.02. The van der Waals surface area contributed by atoms with E-state index in [4.69, 9.17) is 14.2 Å². The first-order valence-electron chi connectivity index (χ1n) is 8.60. The number of hydrogen-bond acceptors (Lipinski definition) is 7. The largest absolute Gasteiger partial charge is 0.493 e. The van der Waals surface area contributed by atoms with E-state index in [0.717, 1.165) is 11.4 Å². The van der Waals surface area contributed by atoms with Crippen LogP contribution in [0, 0.1) is 11.3 Å². The molecule has 0 atom stereocenters. The lowest BCUT2D eigenvalue weighted by Gasteiger charge is -2.18. The molecule has 2 aromatic carbocycles. The van der Waals surface area contributed by atoms with Crippen LogP contribution in [0.4, 0.5) is 17.1 Å². The van der Waals surface area contributed by atoms with Gasteiger partial charge in [-0.2, -0.15) is 5.26 Å². The summed E-state index contributed by atoms with van der Waals surface area (Å²) in [6.07, 6.45) is 1.52. The van der Waals surface area contributed by atoms with Crippen molar-refractivity contribution >= 4 is 28.0 Å². The summed E-state index contributed by atoms with van der Waals surface area (Å²) in [5, 5.41) is 13.7. The van der Waals surface area contributed by atoms with Gasteiger partial charge in [0.15, 0.2) is 11.5 Å². The smallest absolute Gasteiger partial charge is 0.205 e. The Morgan fingerprint density at radius 1 is 1.04 bits per heavy atom. The van der Waals surface area contributed by atoms with Gasteiger partial charge < -0.3 is 24.4 Å². The molecule has 1 N–H and O–H groups in total. The van der Waals surface area contributed by atoms with Crippen LogP contribution in [0.3, 0.4) is 0 Å². The van der Waals surface area contributed by atoms with Crippen molar-refractivity contribution in [2.45, 2.75) is 0 Å². The minimum atomic E-state index is 0.414. The first-order valence-corrected chi connectivity index (χ1v) is 8.60. The molecule has 0 fully saturated rings. The fourth-order valence-corrected chi connectivity index (χ4v) is 3.02. The van der Waals surface area contributed by atoms with Gasteiger partial charge in [-0.3, -0.25) is 4.98 Å². The Kier molecular flexibility index (Phi) is 5.41. The molecule has 0 radical (unpaired) electrons. The summed E-state index contributed by atoms with van der Waals surface area (Å²) >= 11 is 0. The zero-order valence-corrected chi connectivity index (χ0v) is 16.5. The number of fused-ring (bicyclic) bond motifs is 1. The highest BCUT2D eigenvalue weighted by atomic mass is 16.5. The lowest BCUT2D eigenvalue weighted by Crippen LogP contribution is -2.08. The van der Waals surface area contributed by atoms with Crippen LogP contribution in [0.5, 0.6) is 17.2 Å². The maximum Gasteiger partial charge on any atom is 0.205 e. The molecule has 7 heteroatoms. The van der Waals surface area contributed by atoms with Crippen molar-refractivity contribution < 1.29 is 14.2 Å². The van der Waals surface area contributed by atoms with Crippen LogP contribution in [0.25, 0.3) is 10.9 Å². The van der Waals surface area contributed by atoms with Gasteiger partial charge in [-0.05, 0) is 24.3 Å². The van der Waals surface area contributed by atoms with E-state index >= 15 is 0 Å². The van der Waals surface area contributed by atoms with Crippen molar-refractivity contribution in [3.05, 3.63) is 42.1 Å². The van der Waals surface area contributed by atoms with Crippen LogP contribution in [0.15, 0.2) is 36.5 Å². The van der Waals surface area contributed by atoms with E-state index in [1.165, 1.54) is 6.20 Å². The van der Waals surface area contributed by atoms with Crippen molar-refractivity contribution in [3.63, 3.8) is 0 Å². The summed E-state index contributed by atoms with van der Waals surface area (Å²) in [5.74, 6) is 1.40. The molecule has 0 saturated heterocycles. The van der Waals surface area contributed by atoms with Crippen LogP contribution < -0.4 is 24.4 Å². The molecule has 0 unspecified atom stereocenters. The molecule has 28 heavy (non-hydrogen) atoms. The monoisotopic (exact) mass is 378 g/mol. The van der Waals surface area contributed by atoms with E-state index in [-0.39, 0.29) is 0 Å². The summed E-state index contributed by atoms with van der Waals surface area (Å²) < 4.78 is 16.4. The lowest BCUT2D eigenvalue weighted by atomic mass is 10.1. The first kappa shape index (κ1) is 19.1. The molecule has 7 nitrogen and oxygen atoms in total. The van der Waals surface area contributed by atoms with Crippen molar-refractivity contribution in [1.29, 1.82) is 5.26 Å². The van der Waals surface area contributed by atoms with Gasteiger partial charge in [0.25, 0.3) is 0 Å². The molecule has 0 aliphatic carbocycles. The molecule has 0 saturated carbocycles. The molecule has 0 amide bonds. The Labute approximate surface area is 164 Å². The second kappa shape index (κ2) is 7.92. The van der Waals surface area contributed by atoms with E-state index in [0.29, 0.717) is 39.4 Å². The minimum absolute atomic E-state index is 0.414. The molecule has 0 aliphatic rings. The number of anilines is 3. The van der Waals surface area contributed by atoms with Crippen LogP contribution in [0.2, 0.25) is 0 Å². The van der Waals surface area contributed by atoms with Crippen LogP contribution in [-0.2, 0) is 0 Å². The van der Waals surface area contributed by atoms with Crippen LogP contribution >= 0.6 is 0 Å². The van der Waals surface area contributed by atoms with Gasteiger partial charge in [-0.25, -0.2) is 0 Å². The molecule has 0 bridgehead atoms. The van der Waals surface area contributed by atoms with E-state index in [1.807, 2.05) is 43.3 Å². The number of ether oxygens (including phenoxy) is 3. The zero-order valence-electron chi connectivity index (χ0n) is 16.5. The number of nitrogens with zero attached hydrogens (tertiary/aromatic N) is 3. The third kappa shape index (κ3) is 3.32. The van der Waals surface area contributed by atoms with Crippen molar-refractivity contribution in [3.8, 4) is 23.3 Å². The second-order valence-corrected chi connectivity index (χ2v) is 6.27. The normalized spacial score (nSPS) is 10.3. The number of nitriles is 1. The van der Waals surface area contributed by atoms with Crippen molar-refractivity contribution in [2.24, 2.45) is 0 Å². The number of hydrogen-bond donors (Lipinski definition) is 1. The van der Waals surface area contributed by atoms with E-state index in [1.54, 1.807) is 27.4 Å². The molecule has 1 heterocycles. The number of pyridine rings is 1. The SMILES string of the molecule is COc1cc2c(Nc3cccc(N(C)C)c3)c(C#N)cnc2c(OC)c1OC. The van der Waals surface area contributed by atoms with E-state index < -0.39 is 0 Å². The average Bonchev–Trinajstić information content (AvgIpc) is 2.72. The molecule has 144 valence electrons. The number of methoxy groups -OCH3 is 3. The van der Waals surface area contributed by atoms with Gasteiger partial charge in [0, 0.05) is 37.1 Å². The van der Waals surface area contributed by atoms with Crippen molar-refractivity contribution in [2.75, 3.05) is 45.6 Å². The second-order valence-electron chi connectivity index (χ2n) is 6.27. The lowest BCUT2D eigenvalue weighted by molar-refractivity contribution is 0.327. The van der Waals surface area contributed by atoms with E-state index in [9.17, 15) is 5.26 Å². The molecular formula is C21H22N4O3. The molecular weight excluding hydrogens is 356 g/mol. The van der Waals surface area contributed by atoms with Gasteiger partial charge in [-0.1, -0.05) is 6.07 Å². The zero-order chi connectivity index (χ0) is 20.3. The van der Waals surface area contributed by atoms with Gasteiger partial charge in [0.2, 0.25) is 5.75 Å². The molecule has 0 aliphatic heterocycles. The van der Waals surface area contributed by atoms with Crippen LogP contribution in [-0.4, -0.2) is 40.4 Å². The summed E-state index contributed by atoms with van der Waals surface area (Å²) in [6, 6.07) is 11.9. The number of rotatable bonds is 6. The number of aromatic nitrogens is 1.